The number of rotatable bonds is 5. The van der Waals surface area contributed by atoms with Gasteiger partial charge >= 0.3 is 5.97 Å². The van der Waals surface area contributed by atoms with Gasteiger partial charge in [-0.1, -0.05) is 19.9 Å². The van der Waals surface area contributed by atoms with Crippen molar-refractivity contribution in [1.29, 1.82) is 0 Å². The van der Waals surface area contributed by atoms with Crippen molar-refractivity contribution in [3.8, 4) is 0 Å². The fraction of sp³-hybridized carbons (Fsp3) is 0.650. The van der Waals surface area contributed by atoms with E-state index in [1.165, 1.54) is 5.56 Å². The molecule has 1 aromatic heterocycles. The summed E-state index contributed by atoms with van der Waals surface area (Å²) in [7, 11) is 0. The Balaban J connectivity index is 1.93. The van der Waals surface area contributed by atoms with Crippen LogP contribution in [-0.4, -0.2) is 22.8 Å². The van der Waals surface area contributed by atoms with Crippen molar-refractivity contribution in [2.45, 2.75) is 52.4 Å². The first-order valence-corrected chi connectivity index (χ1v) is 9.00. The summed E-state index contributed by atoms with van der Waals surface area (Å²) in [4.78, 5) is 11.8. The Bertz CT molecular complexity index is 618. The van der Waals surface area contributed by atoms with Crippen molar-refractivity contribution in [2.75, 3.05) is 6.61 Å². The molecular weight excluding hydrogens is 304 g/mol. The van der Waals surface area contributed by atoms with Gasteiger partial charge < -0.3 is 14.6 Å². The highest BCUT2D eigenvalue weighted by molar-refractivity contribution is 5.88. The van der Waals surface area contributed by atoms with E-state index in [1.807, 2.05) is 12.1 Å². The van der Waals surface area contributed by atoms with Crippen LogP contribution < -0.4 is 0 Å². The number of hydrogen-bond acceptors (Lipinski definition) is 3. The van der Waals surface area contributed by atoms with E-state index in [0.29, 0.717) is 11.5 Å². The smallest absolute Gasteiger partial charge is 0.331 e. The first-order chi connectivity index (χ1) is 11.4. The van der Waals surface area contributed by atoms with Crippen LogP contribution in [0.5, 0.6) is 0 Å². The summed E-state index contributed by atoms with van der Waals surface area (Å²) in [6.07, 6.45) is 10.8. The van der Waals surface area contributed by atoms with E-state index in [1.54, 1.807) is 12.5 Å². The van der Waals surface area contributed by atoms with Gasteiger partial charge in [-0.15, -0.1) is 0 Å². The number of aliphatic hydroxyl groups excluding tert-OH is 1. The number of aliphatic hydroxyl groups is 1. The molecule has 24 heavy (non-hydrogen) atoms. The van der Waals surface area contributed by atoms with E-state index in [9.17, 15) is 15.0 Å². The summed E-state index contributed by atoms with van der Waals surface area (Å²) in [5.74, 6) is -0.135. The highest BCUT2D eigenvalue weighted by Gasteiger charge is 2.57. The topological polar surface area (TPSA) is 70.7 Å². The summed E-state index contributed by atoms with van der Waals surface area (Å²) >= 11 is 0. The van der Waals surface area contributed by atoms with Gasteiger partial charge in [0.2, 0.25) is 0 Å². The lowest BCUT2D eigenvalue weighted by Crippen LogP contribution is -2.54. The minimum Gasteiger partial charge on any atom is -0.478 e. The van der Waals surface area contributed by atoms with E-state index < -0.39 is 11.4 Å². The molecule has 4 atom stereocenters. The number of carboxylic acid groups (broad SMARTS) is 1. The third-order valence-corrected chi connectivity index (χ3v) is 7.00. The Labute approximate surface area is 143 Å². The van der Waals surface area contributed by atoms with E-state index >= 15 is 0 Å². The van der Waals surface area contributed by atoms with Crippen molar-refractivity contribution in [3.05, 3.63) is 35.8 Å². The molecule has 3 rings (SSSR count). The molecule has 4 heteroatoms. The number of carboxylic acids is 1. The number of carbonyl (C=O) groups is 1. The average molecular weight is 332 g/mol. The number of fused-ring (bicyclic) bond motifs is 1. The predicted octanol–water partition coefficient (Wildman–Crippen LogP) is 4.05. The number of aryl methyl sites for hydroxylation is 1. The Kier molecular flexibility index (Phi) is 4.60. The van der Waals surface area contributed by atoms with Crippen LogP contribution >= 0.6 is 0 Å². The van der Waals surface area contributed by atoms with Crippen LogP contribution in [0.3, 0.4) is 0 Å². The van der Waals surface area contributed by atoms with Gasteiger partial charge in [-0.05, 0) is 67.4 Å². The van der Waals surface area contributed by atoms with E-state index in [4.69, 9.17) is 4.42 Å². The quantitative estimate of drug-likeness (QED) is 0.853. The summed E-state index contributed by atoms with van der Waals surface area (Å²) in [5, 5.41) is 19.9. The fourth-order valence-electron chi connectivity index (χ4n) is 5.32. The standard InChI is InChI=1S/C20H28O4/c1-14-6-10-20(13-21)16(18(22)23)4-3-5-17(20)19(14,2)9-7-15-8-11-24-12-15/h4,8,11-12,14,17,21H,3,5-7,9-10,13H2,1-2H3,(H,22,23)/t14-,17+,19-,20-/m0/s1. The molecule has 1 fully saturated rings. The van der Waals surface area contributed by atoms with Crippen LogP contribution in [0.2, 0.25) is 0 Å². The Morgan fingerprint density at radius 2 is 2.21 bits per heavy atom. The van der Waals surface area contributed by atoms with E-state index in [0.717, 1.165) is 38.5 Å². The largest absolute Gasteiger partial charge is 0.478 e. The molecule has 0 spiro atoms. The van der Waals surface area contributed by atoms with Gasteiger partial charge in [-0.2, -0.15) is 0 Å². The lowest BCUT2D eigenvalue weighted by molar-refractivity contribution is -0.139. The van der Waals surface area contributed by atoms with Crippen LogP contribution in [0.1, 0.15) is 51.5 Å². The fourth-order valence-corrected chi connectivity index (χ4v) is 5.32. The first kappa shape index (κ1) is 17.3. The summed E-state index contributed by atoms with van der Waals surface area (Å²) in [5.41, 5.74) is 1.07. The molecule has 2 aliphatic rings. The summed E-state index contributed by atoms with van der Waals surface area (Å²) in [6.45, 7) is 4.52. The Hall–Kier alpha value is -1.55. The first-order valence-electron chi connectivity index (χ1n) is 9.00. The maximum absolute atomic E-state index is 11.8. The number of aliphatic carboxylic acids is 1. The molecule has 0 bridgehead atoms. The molecule has 1 heterocycles. The Morgan fingerprint density at radius 1 is 1.42 bits per heavy atom. The molecule has 0 unspecified atom stereocenters. The molecule has 0 amide bonds. The normalized spacial score (nSPS) is 36.0. The maximum Gasteiger partial charge on any atom is 0.331 e. The molecule has 2 aliphatic carbocycles. The molecule has 0 radical (unpaired) electrons. The van der Waals surface area contributed by atoms with Crippen LogP contribution in [0.15, 0.2) is 34.7 Å². The van der Waals surface area contributed by atoms with Gasteiger partial charge in [-0.3, -0.25) is 0 Å². The maximum atomic E-state index is 11.8. The van der Waals surface area contributed by atoms with E-state index in [2.05, 4.69) is 13.8 Å². The molecule has 132 valence electrons. The minimum atomic E-state index is -0.861. The molecule has 1 aromatic rings. The zero-order chi connectivity index (χ0) is 17.4. The van der Waals surface area contributed by atoms with Crippen molar-refractivity contribution in [1.82, 2.24) is 0 Å². The molecule has 0 aromatic carbocycles. The van der Waals surface area contributed by atoms with Gasteiger partial charge in [0.1, 0.15) is 0 Å². The highest BCUT2D eigenvalue weighted by atomic mass is 16.4. The molecule has 4 nitrogen and oxygen atoms in total. The summed E-state index contributed by atoms with van der Waals surface area (Å²) < 4.78 is 5.18. The van der Waals surface area contributed by atoms with Crippen LogP contribution in [-0.2, 0) is 11.2 Å². The molecule has 0 aliphatic heterocycles. The monoisotopic (exact) mass is 332 g/mol. The average Bonchev–Trinajstić information content (AvgIpc) is 3.09. The van der Waals surface area contributed by atoms with Crippen molar-refractivity contribution in [3.63, 3.8) is 0 Å². The zero-order valence-corrected chi connectivity index (χ0v) is 14.6. The van der Waals surface area contributed by atoms with Crippen molar-refractivity contribution < 1.29 is 19.4 Å². The van der Waals surface area contributed by atoms with Gasteiger partial charge in [0, 0.05) is 11.0 Å². The predicted molar refractivity (Wildman–Crippen MR) is 91.5 cm³/mol. The highest BCUT2D eigenvalue weighted by Crippen LogP contribution is 2.61. The van der Waals surface area contributed by atoms with Gasteiger partial charge in [-0.25, -0.2) is 4.79 Å². The second kappa shape index (κ2) is 6.40. The third-order valence-electron chi connectivity index (χ3n) is 7.00. The minimum absolute atomic E-state index is 0.0210. The van der Waals surface area contributed by atoms with E-state index in [-0.39, 0.29) is 17.9 Å². The number of furan rings is 1. The van der Waals surface area contributed by atoms with Crippen LogP contribution in [0.4, 0.5) is 0 Å². The number of allylic oxidation sites excluding steroid dienone is 1. The lowest BCUT2D eigenvalue weighted by Gasteiger charge is -2.58. The molecule has 1 saturated carbocycles. The zero-order valence-electron chi connectivity index (χ0n) is 14.6. The van der Waals surface area contributed by atoms with Crippen molar-refractivity contribution in [2.24, 2.45) is 22.7 Å². The van der Waals surface area contributed by atoms with Gasteiger partial charge in [0.05, 0.1) is 19.1 Å². The molecule has 2 N–H and O–H groups in total. The van der Waals surface area contributed by atoms with Crippen molar-refractivity contribution >= 4 is 5.97 Å². The van der Waals surface area contributed by atoms with Gasteiger partial charge in [0.25, 0.3) is 0 Å². The van der Waals surface area contributed by atoms with Crippen LogP contribution in [0, 0.1) is 22.7 Å². The second-order valence-electron chi connectivity index (χ2n) is 7.94. The lowest BCUT2D eigenvalue weighted by atomic mass is 9.46. The third kappa shape index (κ3) is 2.61. The van der Waals surface area contributed by atoms with Gasteiger partial charge in [0.15, 0.2) is 0 Å². The second-order valence-corrected chi connectivity index (χ2v) is 7.94. The number of hydrogen-bond donors (Lipinski definition) is 2. The van der Waals surface area contributed by atoms with Crippen LogP contribution in [0.25, 0.3) is 0 Å². The SMILES string of the molecule is C[C@H]1CC[C@]2(CO)C(C(=O)O)=CCC[C@@H]2[C@@]1(C)CCc1ccoc1. The molecular formula is C20H28O4. The Morgan fingerprint density at radius 3 is 2.83 bits per heavy atom. The summed E-state index contributed by atoms with van der Waals surface area (Å²) in [6, 6.07) is 2.00. The molecule has 0 saturated heterocycles.